The van der Waals surface area contributed by atoms with Crippen LogP contribution in [0.3, 0.4) is 0 Å². The van der Waals surface area contributed by atoms with E-state index in [-0.39, 0.29) is 17.7 Å². The number of thiophene rings is 1. The summed E-state index contributed by atoms with van der Waals surface area (Å²) in [4.78, 5) is 18.8. The second kappa shape index (κ2) is 5.42. The van der Waals surface area contributed by atoms with Gasteiger partial charge in [0.05, 0.1) is 23.7 Å². The summed E-state index contributed by atoms with van der Waals surface area (Å²) in [5, 5.41) is 13.1. The Morgan fingerprint density at radius 2 is 2.14 bits per heavy atom. The summed E-state index contributed by atoms with van der Waals surface area (Å²) >= 11 is 1.33. The van der Waals surface area contributed by atoms with Crippen LogP contribution >= 0.6 is 11.3 Å². The number of rotatable bonds is 1. The van der Waals surface area contributed by atoms with Crippen molar-refractivity contribution < 1.29 is 9.18 Å². The molecule has 2 atom stereocenters. The molecule has 1 amide bonds. The number of nitrogens with zero attached hydrogens (tertiary/aromatic N) is 3. The number of aryl methyl sites for hydroxylation is 1. The van der Waals surface area contributed by atoms with Crippen LogP contribution in [-0.2, 0) is 23.8 Å². The van der Waals surface area contributed by atoms with Crippen molar-refractivity contribution in [2.75, 3.05) is 7.05 Å². The third-order valence-corrected chi connectivity index (χ3v) is 7.06. The van der Waals surface area contributed by atoms with E-state index in [9.17, 15) is 9.18 Å². The van der Waals surface area contributed by atoms with Crippen molar-refractivity contribution in [2.24, 2.45) is 13.0 Å². The molecule has 0 bridgehead atoms. The van der Waals surface area contributed by atoms with E-state index < -0.39 is 11.5 Å². The van der Waals surface area contributed by atoms with E-state index in [1.807, 2.05) is 17.7 Å². The molecule has 3 aromatic rings. The molecule has 1 fully saturated rings. The Morgan fingerprint density at radius 1 is 1.36 bits per heavy atom. The number of carbonyl (C=O) groups excluding carboxylic acids is 1. The van der Waals surface area contributed by atoms with Crippen LogP contribution in [0, 0.1) is 23.7 Å². The number of aromatic nitrogens is 1. The molecule has 2 aromatic heterocycles. The Kier molecular flexibility index (Phi) is 3.28. The molecule has 0 spiro atoms. The van der Waals surface area contributed by atoms with Crippen LogP contribution in [-0.4, -0.2) is 28.4 Å². The molecule has 2 unspecified atom stereocenters. The normalized spacial score (nSPS) is 23.5. The van der Waals surface area contributed by atoms with Gasteiger partial charge < -0.3 is 9.88 Å². The SMILES string of the molecule is [C-]#[N+]c1ccc(C23NC(=N)N(C)C(=O)C2Cc2c3n(C)c3cc(F)ccc23)s1. The Bertz CT molecular complexity index is 1240. The average molecular weight is 393 g/mol. The lowest BCUT2D eigenvalue weighted by Gasteiger charge is -2.44. The van der Waals surface area contributed by atoms with Crippen molar-refractivity contribution in [1.82, 2.24) is 14.8 Å². The number of carbonyl (C=O) groups is 1. The quantitative estimate of drug-likeness (QED) is 0.623. The Labute approximate surface area is 164 Å². The zero-order valence-electron chi connectivity index (χ0n) is 15.2. The number of guanidine groups is 1. The fourth-order valence-electron chi connectivity index (χ4n) is 4.70. The summed E-state index contributed by atoms with van der Waals surface area (Å²) in [5.41, 5.74) is 1.67. The summed E-state index contributed by atoms with van der Waals surface area (Å²) in [7, 11) is 3.46. The van der Waals surface area contributed by atoms with E-state index in [0.29, 0.717) is 11.4 Å². The minimum Gasteiger partial charge on any atom is -0.345 e. The molecule has 2 N–H and O–H groups in total. The van der Waals surface area contributed by atoms with Gasteiger partial charge >= 0.3 is 0 Å². The minimum atomic E-state index is -0.937. The molecule has 1 aromatic carbocycles. The highest BCUT2D eigenvalue weighted by atomic mass is 32.1. The number of hydrogen-bond donors (Lipinski definition) is 2. The summed E-state index contributed by atoms with van der Waals surface area (Å²) in [6.07, 6.45) is 0.493. The largest absolute Gasteiger partial charge is 0.345 e. The monoisotopic (exact) mass is 393 g/mol. The van der Waals surface area contributed by atoms with Crippen LogP contribution in [0.2, 0.25) is 0 Å². The standard InChI is InChI=1S/C20H16FN5OS/c1-23-16-7-6-15(28-16)20-13(18(27)26(3)19(22)24-20)9-12-11-5-4-10(21)8-14(11)25(2)17(12)20/h4-8,13H,9H2,2-3H3,(H2,22,24). The summed E-state index contributed by atoms with van der Waals surface area (Å²) in [5.74, 6) is -0.866. The first kappa shape index (κ1) is 17.0. The number of benzene rings is 1. The molecule has 2 aliphatic rings. The molecule has 5 rings (SSSR count). The van der Waals surface area contributed by atoms with Gasteiger partial charge in [-0.1, -0.05) is 6.07 Å². The third kappa shape index (κ3) is 1.89. The van der Waals surface area contributed by atoms with Crippen LogP contribution in [0.5, 0.6) is 0 Å². The van der Waals surface area contributed by atoms with Gasteiger partial charge in [0.1, 0.15) is 11.4 Å². The van der Waals surface area contributed by atoms with Crippen LogP contribution < -0.4 is 5.32 Å². The predicted octanol–water partition coefficient (Wildman–Crippen LogP) is 3.34. The number of hydrogen-bond acceptors (Lipinski definition) is 3. The molecule has 140 valence electrons. The van der Waals surface area contributed by atoms with Gasteiger partial charge in [0.15, 0.2) is 5.96 Å². The van der Waals surface area contributed by atoms with Crippen molar-refractivity contribution in [3.63, 3.8) is 0 Å². The van der Waals surface area contributed by atoms with Gasteiger partial charge in [0, 0.05) is 24.4 Å². The van der Waals surface area contributed by atoms with Gasteiger partial charge in [-0.15, -0.1) is 0 Å². The zero-order valence-corrected chi connectivity index (χ0v) is 16.0. The fourth-order valence-corrected chi connectivity index (χ4v) is 5.70. The third-order valence-electron chi connectivity index (χ3n) is 5.94. The highest BCUT2D eigenvalue weighted by Gasteiger charge is 2.59. The number of amides is 1. The molecule has 0 radical (unpaired) electrons. The van der Waals surface area contributed by atoms with Gasteiger partial charge in [-0.05, 0) is 36.2 Å². The first-order valence-corrected chi connectivity index (χ1v) is 9.59. The van der Waals surface area contributed by atoms with E-state index in [2.05, 4.69) is 10.2 Å². The maximum absolute atomic E-state index is 13.9. The molecule has 1 aliphatic carbocycles. The molecule has 1 aliphatic heterocycles. The average Bonchev–Trinajstić information content (AvgIpc) is 3.35. The molecular formula is C20H16FN5OS. The Morgan fingerprint density at radius 3 is 2.86 bits per heavy atom. The molecule has 8 heteroatoms. The molecule has 1 saturated heterocycles. The highest BCUT2D eigenvalue weighted by molar-refractivity contribution is 7.16. The lowest BCUT2D eigenvalue weighted by atomic mass is 9.81. The van der Waals surface area contributed by atoms with E-state index in [4.69, 9.17) is 12.0 Å². The first-order valence-electron chi connectivity index (χ1n) is 8.78. The van der Waals surface area contributed by atoms with Crippen molar-refractivity contribution >= 4 is 39.1 Å². The second-order valence-corrected chi connectivity index (χ2v) is 8.30. The fraction of sp³-hybridized carbons (Fsp3) is 0.250. The van der Waals surface area contributed by atoms with Gasteiger partial charge in [0.25, 0.3) is 0 Å². The molecular weight excluding hydrogens is 377 g/mol. The van der Waals surface area contributed by atoms with E-state index in [1.54, 1.807) is 19.2 Å². The minimum absolute atomic E-state index is 0.0169. The Hall–Kier alpha value is -3.18. The van der Waals surface area contributed by atoms with Crippen molar-refractivity contribution in [3.05, 3.63) is 63.7 Å². The maximum atomic E-state index is 13.9. The zero-order chi connectivity index (χ0) is 19.8. The molecule has 6 nitrogen and oxygen atoms in total. The van der Waals surface area contributed by atoms with Crippen LogP contribution in [0.4, 0.5) is 9.39 Å². The molecule has 28 heavy (non-hydrogen) atoms. The van der Waals surface area contributed by atoms with E-state index in [1.165, 1.54) is 28.4 Å². The topological polar surface area (TPSA) is 65.5 Å². The van der Waals surface area contributed by atoms with Crippen molar-refractivity contribution in [2.45, 2.75) is 12.0 Å². The predicted molar refractivity (Wildman–Crippen MR) is 105 cm³/mol. The summed E-state index contributed by atoms with van der Waals surface area (Å²) < 4.78 is 15.8. The lowest BCUT2D eigenvalue weighted by molar-refractivity contribution is -0.134. The Balaban J connectivity index is 1.87. The number of halogens is 1. The number of fused-ring (bicyclic) bond motifs is 5. The van der Waals surface area contributed by atoms with E-state index >= 15 is 0 Å². The summed E-state index contributed by atoms with van der Waals surface area (Å²) in [6, 6.07) is 8.29. The van der Waals surface area contributed by atoms with Gasteiger partial charge in [-0.3, -0.25) is 15.1 Å². The van der Waals surface area contributed by atoms with Crippen LogP contribution in [0.15, 0.2) is 30.3 Å². The highest BCUT2D eigenvalue weighted by Crippen LogP contribution is 2.53. The van der Waals surface area contributed by atoms with Crippen molar-refractivity contribution in [3.8, 4) is 0 Å². The van der Waals surface area contributed by atoms with Crippen molar-refractivity contribution in [1.29, 1.82) is 5.41 Å². The summed E-state index contributed by atoms with van der Waals surface area (Å²) in [6.45, 7) is 7.32. The van der Waals surface area contributed by atoms with Crippen LogP contribution in [0.25, 0.3) is 15.7 Å². The van der Waals surface area contributed by atoms with E-state index in [0.717, 1.165) is 27.0 Å². The smallest absolute Gasteiger partial charge is 0.241 e. The number of nitrogens with one attached hydrogen (secondary N) is 2. The molecule has 3 heterocycles. The van der Waals surface area contributed by atoms with Gasteiger partial charge in [-0.25, -0.2) is 9.24 Å². The lowest BCUT2D eigenvalue weighted by Crippen LogP contribution is -2.64. The second-order valence-electron chi connectivity index (χ2n) is 7.23. The first-order chi connectivity index (χ1) is 13.4. The van der Waals surface area contributed by atoms with Crippen LogP contribution in [0.1, 0.15) is 16.1 Å². The maximum Gasteiger partial charge on any atom is 0.241 e. The molecule has 0 saturated carbocycles. The van der Waals surface area contributed by atoms with Gasteiger partial charge in [-0.2, -0.15) is 11.3 Å². The van der Waals surface area contributed by atoms with Gasteiger partial charge in [0.2, 0.25) is 10.9 Å².